The van der Waals surface area contributed by atoms with Gasteiger partial charge in [0.15, 0.2) is 11.5 Å². The summed E-state index contributed by atoms with van der Waals surface area (Å²) < 4.78 is 11.2. The number of halogens is 1. The van der Waals surface area contributed by atoms with Crippen molar-refractivity contribution in [3.8, 4) is 11.5 Å². The van der Waals surface area contributed by atoms with Crippen LogP contribution in [0.4, 0.5) is 0 Å². The van der Waals surface area contributed by atoms with E-state index in [-0.39, 0.29) is 5.41 Å². The number of rotatable bonds is 5. The summed E-state index contributed by atoms with van der Waals surface area (Å²) in [6.45, 7) is 5.02. The molecule has 3 nitrogen and oxygen atoms in total. The van der Waals surface area contributed by atoms with Crippen LogP contribution in [0.5, 0.6) is 11.5 Å². The summed E-state index contributed by atoms with van der Waals surface area (Å²) in [5.41, 5.74) is 8.70. The Bertz CT molecular complexity index is 522. The Morgan fingerprint density at radius 1 is 1.14 bits per heavy atom. The third-order valence-corrected chi connectivity index (χ3v) is 5.27. The molecule has 0 bridgehead atoms. The average Bonchev–Trinajstić information content (AvgIpc) is 2.53. The molecule has 1 aliphatic rings. The van der Waals surface area contributed by atoms with E-state index in [1.165, 1.54) is 30.4 Å². The summed E-state index contributed by atoms with van der Waals surface area (Å²) in [5, 5.41) is 0.608. The van der Waals surface area contributed by atoms with Gasteiger partial charge in [-0.05, 0) is 30.4 Å². The lowest BCUT2D eigenvalue weighted by Crippen LogP contribution is -2.38. The van der Waals surface area contributed by atoms with Crippen LogP contribution in [0, 0.1) is 0 Å². The van der Waals surface area contributed by atoms with Gasteiger partial charge in [0.1, 0.15) is 0 Å². The van der Waals surface area contributed by atoms with Gasteiger partial charge in [-0.25, -0.2) is 0 Å². The zero-order valence-electron chi connectivity index (χ0n) is 14.2. The van der Waals surface area contributed by atoms with Gasteiger partial charge in [0, 0.05) is 17.5 Å². The molecule has 4 heteroatoms. The first-order valence-corrected chi connectivity index (χ1v) is 8.53. The minimum Gasteiger partial charge on any atom is -0.492 e. The Labute approximate surface area is 139 Å². The van der Waals surface area contributed by atoms with Gasteiger partial charge >= 0.3 is 0 Å². The zero-order valence-corrected chi connectivity index (χ0v) is 14.9. The number of hydrogen-bond acceptors (Lipinski definition) is 3. The lowest BCUT2D eigenvalue weighted by atomic mass is 9.67. The van der Waals surface area contributed by atoms with E-state index < -0.39 is 0 Å². The molecule has 1 aromatic rings. The van der Waals surface area contributed by atoms with E-state index in [0.717, 1.165) is 18.6 Å². The van der Waals surface area contributed by atoms with Crippen molar-refractivity contribution in [2.24, 2.45) is 5.73 Å². The smallest absolute Gasteiger partial charge is 0.179 e. The third-order valence-electron chi connectivity index (χ3n) is 4.99. The predicted octanol–water partition coefficient (Wildman–Crippen LogP) is 4.64. The summed E-state index contributed by atoms with van der Waals surface area (Å²) in [6.07, 6.45) is 5.98. The third kappa shape index (κ3) is 2.93. The maximum absolute atomic E-state index is 6.48. The Hall–Kier alpha value is -0.930. The molecular weight excluding hydrogens is 298 g/mol. The quantitative estimate of drug-likeness (QED) is 0.857. The molecule has 1 aromatic carbocycles. The SMILES string of the molecule is COc1c(Cl)cc(C2(CN)CCCCC2)c(C(C)C)c1OC. The number of ether oxygens (including phenoxy) is 2. The number of hydrogen-bond donors (Lipinski definition) is 1. The lowest BCUT2D eigenvalue weighted by Gasteiger charge is -2.39. The van der Waals surface area contributed by atoms with Crippen LogP contribution in [-0.2, 0) is 5.41 Å². The fourth-order valence-corrected chi connectivity index (χ4v) is 4.11. The monoisotopic (exact) mass is 325 g/mol. The number of benzene rings is 1. The maximum Gasteiger partial charge on any atom is 0.179 e. The normalized spacial score (nSPS) is 17.6. The molecule has 0 atom stereocenters. The molecule has 1 aliphatic carbocycles. The standard InChI is InChI=1S/C18H28ClNO2/c1-12(2)15-13(18(11-20)8-6-5-7-9-18)10-14(19)16(21-3)17(15)22-4/h10,12H,5-9,11,20H2,1-4H3. The highest BCUT2D eigenvalue weighted by Gasteiger charge is 2.37. The van der Waals surface area contributed by atoms with Gasteiger partial charge < -0.3 is 15.2 Å². The number of methoxy groups -OCH3 is 2. The fraction of sp³-hybridized carbons (Fsp3) is 0.667. The molecular formula is C18H28ClNO2. The van der Waals surface area contributed by atoms with Gasteiger partial charge in [-0.1, -0.05) is 44.7 Å². The summed E-state index contributed by atoms with van der Waals surface area (Å²) >= 11 is 6.48. The largest absolute Gasteiger partial charge is 0.492 e. The van der Waals surface area contributed by atoms with Crippen LogP contribution in [0.15, 0.2) is 6.07 Å². The molecule has 0 aliphatic heterocycles. The first-order chi connectivity index (χ1) is 10.5. The Kier molecular flexibility index (Phi) is 5.62. The Morgan fingerprint density at radius 2 is 1.73 bits per heavy atom. The van der Waals surface area contributed by atoms with Gasteiger partial charge in [0.2, 0.25) is 0 Å². The second-order valence-corrected chi connectivity index (χ2v) is 6.99. The first-order valence-electron chi connectivity index (χ1n) is 8.15. The zero-order chi connectivity index (χ0) is 16.3. The molecule has 1 saturated carbocycles. The van der Waals surface area contributed by atoms with Gasteiger partial charge in [-0.3, -0.25) is 0 Å². The molecule has 1 fully saturated rings. The van der Waals surface area contributed by atoms with E-state index in [2.05, 4.69) is 19.9 Å². The van der Waals surface area contributed by atoms with Crippen molar-refractivity contribution in [3.05, 3.63) is 22.2 Å². The van der Waals surface area contributed by atoms with Crippen molar-refractivity contribution in [1.29, 1.82) is 0 Å². The molecule has 0 heterocycles. The van der Waals surface area contributed by atoms with Crippen molar-refractivity contribution in [3.63, 3.8) is 0 Å². The minimum absolute atomic E-state index is 0.0149. The van der Waals surface area contributed by atoms with E-state index >= 15 is 0 Å². The average molecular weight is 326 g/mol. The highest BCUT2D eigenvalue weighted by atomic mass is 35.5. The van der Waals surface area contributed by atoms with E-state index in [1.807, 2.05) is 0 Å². The maximum atomic E-state index is 6.48. The molecule has 2 N–H and O–H groups in total. The number of nitrogens with two attached hydrogens (primary N) is 1. The minimum atomic E-state index is 0.0149. The second-order valence-electron chi connectivity index (χ2n) is 6.59. The van der Waals surface area contributed by atoms with Crippen molar-refractivity contribution in [2.75, 3.05) is 20.8 Å². The van der Waals surface area contributed by atoms with Crippen LogP contribution < -0.4 is 15.2 Å². The molecule has 0 aromatic heterocycles. The van der Waals surface area contributed by atoms with Gasteiger partial charge in [-0.15, -0.1) is 0 Å². The van der Waals surface area contributed by atoms with E-state index in [9.17, 15) is 0 Å². The van der Waals surface area contributed by atoms with Crippen molar-refractivity contribution in [2.45, 2.75) is 57.3 Å². The van der Waals surface area contributed by atoms with Crippen LogP contribution in [0.2, 0.25) is 5.02 Å². The highest BCUT2D eigenvalue weighted by Crippen LogP contribution is 2.50. The van der Waals surface area contributed by atoms with Gasteiger partial charge in [-0.2, -0.15) is 0 Å². The molecule has 2 rings (SSSR count). The molecule has 0 unspecified atom stereocenters. The molecule has 0 amide bonds. The van der Waals surface area contributed by atoms with Crippen molar-refractivity contribution in [1.82, 2.24) is 0 Å². The van der Waals surface area contributed by atoms with Gasteiger partial charge in [0.05, 0.1) is 19.2 Å². The summed E-state index contributed by atoms with van der Waals surface area (Å²) in [5.74, 6) is 1.71. The van der Waals surface area contributed by atoms with Crippen molar-refractivity contribution < 1.29 is 9.47 Å². The Balaban J connectivity index is 2.71. The van der Waals surface area contributed by atoms with Crippen LogP contribution in [0.3, 0.4) is 0 Å². The van der Waals surface area contributed by atoms with E-state index in [4.69, 9.17) is 26.8 Å². The summed E-state index contributed by atoms with van der Waals surface area (Å²) in [4.78, 5) is 0. The molecule has 0 radical (unpaired) electrons. The van der Waals surface area contributed by atoms with Crippen molar-refractivity contribution >= 4 is 11.6 Å². The lowest BCUT2D eigenvalue weighted by molar-refractivity contribution is 0.293. The Morgan fingerprint density at radius 3 is 2.18 bits per heavy atom. The fourth-order valence-electron chi connectivity index (χ4n) is 3.84. The van der Waals surface area contributed by atoms with Crippen LogP contribution in [0.1, 0.15) is 63.0 Å². The summed E-state index contributed by atoms with van der Waals surface area (Å²) in [7, 11) is 3.31. The highest BCUT2D eigenvalue weighted by molar-refractivity contribution is 6.32. The topological polar surface area (TPSA) is 44.5 Å². The molecule has 0 spiro atoms. The molecule has 22 heavy (non-hydrogen) atoms. The summed E-state index contributed by atoms with van der Waals surface area (Å²) in [6, 6.07) is 2.07. The predicted molar refractivity (Wildman–Crippen MR) is 92.5 cm³/mol. The van der Waals surface area contributed by atoms with Crippen LogP contribution in [0.25, 0.3) is 0 Å². The second kappa shape index (κ2) is 7.10. The van der Waals surface area contributed by atoms with Crippen LogP contribution >= 0.6 is 11.6 Å². The van der Waals surface area contributed by atoms with Gasteiger partial charge in [0.25, 0.3) is 0 Å². The molecule has 124 valence electrons. The first kappa shape index (κ1) is 17.4. The van der Waals surface area contributed by atoms with E-state index in [1.54, 1.807) is 14.2 Å². The molecule has 0 saturated heterocycles. The van der Waals surface area contributed by atoms with E-state index in [0.29, 0.717) is 23.2 Å². The van der Waals surface area contributed by atoms with Crippen LogP contribution in [-0.4, -0.2) is 20.8 Å².